The Balaban J connectivity index is 1.78. The van der Waals surface area contributed by atoms with Crippen LogP contribution in [0.4, 0.5) is 0 Å². The molecular formula is C20H21NO7. The van der Waals surface area contributed by atoms with Crippen molar-refractivity contribution in [1.82, 2.24) is 4.90 Å². The van der Waals surface area contributed by atoms with Crippen LogP contribution in [0, 0.1) is 5.92 Å². The fourth-order valence-corrected chi connectivity index (χ4v) is 3.51. The molecule has 3 rings (SSSR count). The van der Waals surface area contributed by atoms with Crippen molar-refractivity contribution in [2.75, 3.05) is 0 Å². The minimum Gasteiger partial charge on any atom is -0.508 e. The first-order valence-electron chi connectivity index (χ1n) is 8.77. The van der Waals surface area contributed by atoms with Crippen LogP contribution in [0.25, 0.3) is 0 Å². The Morgan fingerprint density at radius 2 is 1.71 bits per heavy atom. The quantitative estimate of drug-likeness (QED) is 0.502. The SMILES string of the molecule is O=C(O)C(Cc1ccc(O)cc1)N1C(=O)CC(Cc2ccc(O)cc2O)C1O. The first-order chi connectivity index (χ1) is 13.3. The van der Waals surface area contributed by atoms with E-state index < -0.39 is 30.1 Å². The van der Waals surface area contributed by atoms with E-state index in [0.29, 0.717) is 11.1 Å². The minimum absolute atomic E-state index is 0.0183. The van der Waals surface area contributed by atoms with Crippen LogP contribution in [0.3, 0.4) is 0 Å². The Hall–Kier alpha value is -3.26. The van der Waals surface area contributed by atoms with Gasteiger partial charge in [-0.2, -0.15) is 0 Å². The summed E-state index contributed by atoms with van der Waals surface area (Å²) in [6.07, 6.45) is -1.24. The van der Waals surface area contributed by atoms with E-state index in [9.17, 15) is 35.1 Å². The number of aliphatic hydroxyl groups is 1. The zero-order valence-corrected chi connectivity index (χ0v) is 14.9. The molecule has 1 heterocycles. The Morgan fingerprint density at radius 3 is 2.32 bits per heavy atom. The van der Waals surface area contributed by atoms with Gasteiger partial charge < -0.3 is 30.4 Å². The average molecular weight is 387 g/mol. The van der Waals surface area contributed by atoms with Crippen molar-refractivity contribution in [3.8, 4) is 17.2 Å². The van der Waals surface area contributed by atoms with Gasteiger partial charge in [0.25, 0.3) is 0 Å². The summed E-state index contributed by atoms with van der Waals surface area (Å²) < 4.78 is 0. The molecule has 0 saturated carbocycles. The van der Waals surface area contributed by atoms with Gasteiger partial charge in [-0.1, -0.05) is 18.2 Å². The fraction of sp³-hybridized carbons (Fsp3) is 0.300. The maximum atomic E-state index is 12.5. The van der Waals surface area contributed by atoms with E-state index in [4.69, 9.17) is 0 Å². The van der Waals surface area contributed by atoms with Crippen molar-refractivity contribution in [1.29, 1.82) is 0 Å². The molecule has 2 aromatic rings. The van der Waals surface area contributed by atoms with Crippen molar-refractivity contribution in [3.63, 3.8) is 0 Å². The number of carboxylic acids is 1. The molecule has 5 N–H and O–H groups in total. The Bertz CT molecular complexity index is 881. The number of nitrogens with zero attached hydrogens (tertiary/aromatic N) is 1. The maximum absolute atomic E-state index is 12.5. The monoisotopic (exact) mass is 387 g/mol. The van der Waals surface area contributed by atoms with Crippen molar-refractivity contribution >= 4 is 11.9 Å². The molecule has 28 heavy (non-hydrogen) atoms. The van der Waals surface area contributed by atoms with Crippen LogP contribution in [0.2, 0.25) is 0 Å². The van der Waals surface area contributed by atoms with Gasteiger partial charge in [0, 0.05) is 24.8 Å². The van der Waals surface area contributed by atoms with Crippen LogP contribution in [0.15, 0.2) is 42.5 Å². The number of phenols is 3. The number of hydrogen-bond donors (Lipinski definition) is 5. The van der Waals surface area contributed by atoms with E-state index in [0.717, 1.165) is 4.90 Å². The summed E-state index contributed by atoms with van der Waals surface area (Å²) in [6.45, 7) is 0. The molecule has 3 atom stereocenters. The molecule has 148 valence electrons. The average Bonchev–Trinajstić information content (AvgIpc) is 2.90. The number of likely N-dealkylation sites (tertiary alicyclic amines) is 1. The number of amides is 1. The molecule has 8 nitrogen and oxygen atoms in total. The van der Waals surface area contributed by atoms with Gasteiger partial charge in [0.05, 0.1) is 0 Å². The Morgan fingerprint density at radius 1 is 1.07 bits per heavy atom. The van der Waals surface area contributed by atoms with E-state index in [-0.39, 0.29) is 36.5 Å². The number of aromatic hydroxyl groups is 3. The molecule has 8 heteroatoms. The van der Waals surface area contributed by atoms with Gasteiger partial charge in [-0.15, -0.1) is 0 Å². The summed E-state index contributed by atoms with van der Waals surface area (Å²) in [7, 11) is 0. The molecule has 1 saturated heterocycles. The van der Waals surface area contributed by atoms with Gasteiger partial charge >= 0.3 is 5.97 Å². The predicted octanol–water partition coefficient (Wildman–Crippen LogP) is 1.21. The highest BCUT2D eigenvalue weighted by Gasteiger charge is 2.44. The molecule has 3 unspecified atom stereocenters. The van der Waals surface area contributed by atoms with Gasteiger partial charge in [-0.25, -0.2) is 4.79 Å². The third-order valence-electron chi connectivity index (χ3n) is 4.97. The second-order valence-corrected chi connectivity index (χ2v) is 6.92. The lowest BCUT2D eigenvalue weighted by Crippen LogP contribution is -2.48. The molecule has 0 spiro atoms. The van der Waals surface area contributed by atoms with Crippen LogP contribution >= 0.6 is 0 Å². The number of carbonyl (C=O) groups excluding carboxylic acids is 1. The highest BCUT2D eigenvalue weighted by atomic mass is 16.4. The van der Waals surface area contributed by atoms with Crippen LogP contribution in [-0.2, 0) is 22.4 Å². The summed E-state index contributed by atoms with van der Waals surface area (Å²) in [5, 5.41) is 48.9. The molecule has 1 amide bonds. The van der Waals surface area contributed by atoms with Crippen LogP contribution < -0.4 is 0 Å². The van der Waals surface area contributed by atoms with Crippen molar-refractivity contribution in [2.24, 2.45) is 5.92 Å². The number of benzene rings is 2. The van der Waals surface area contributed by atoms with E-state index in [2.05, 4.69) is 0 Å². The first-order valence-corrected chi connectivity index (χ1v) is 8.77. The minimum atomic E-state index is -1.32. The van der Waals surface area contributed by atoms with Crippen molar-refractivity contribution in [2.45, 2.75) is 31.5 Å². The highest BCUT2D eigenvalue weighted by Crippen LogP contribution is 2.33. The van der Waals surface area contributed by atoms with E-state index in [1.807, 2.05) is 0 Å². The Kier molecular flexibility index (Phi) is 5.41. The molecule has 0 radical (unpaired) electrons. The fourth-order valence-electron chi connectivity index (χ4n) is 3.51. The summed E-state index contributed by atoms with van der Waals surface area (Å²) in [4.78, 5) is 25.2. The number of phenolic OH excluding ortho intramolecular Hbond substituents is 3. The van der Waals surface area contributed by atoms with Gasteiger partial charge in [0.15, 0.2) is 0 Å². The van der Waals surface area contributed by atoms with E-state index in [1.54, 1.807) is 12.1 Å². The molecule has 1 fully saturated rings. The summed E-state index contributed by atoms with van der Waals surface area (Å²) in [5.74, 6) is -2.54. The molecule has 0 aliphatic carbocycles. The maximum Gasteiger partial charge on any atom is 0.326 e. The molecule has 0 aromatic heterocycles. The lowest BCUT2D eigenvalue weighted by molar-refractivity contribution is -0.155. The first kappa shape index (κ1) is 19.5. The van der Waals surface area contributed by atoms with Crippen LogP contribution in [0.5, 0.6) is 17.2 Å². The lowest BCUT2D eigenvalue weighted by Gasteiger charge is -2.29. The molecule has 0 bridgehead atoms. The number of rotatable bonds is 6. The van der Waals surface area contributed by atoms with E-state index >= 15 is 0 Å². The van der Waals surface area contributed by atoms with Crippen LogP contribution in [-0.4, -0.2) is 54.6 Å². The topological polar surface area (TPSA) is 139 Å². The standard InChI is InChI=1S/C20H21NO7/c22-14-4-1-11(2-5-14)7-16(20(27)28)21-18(25)9-13(19(21)26)8-12-3-6-15(23)10-17(12)24/h1-6,10,13,16,19,22-24,26H,7-9H2,(H,27,28). The largest absolute Gasteiger partial charge is 0.508 e. The number of aliphatic carboxylic acids is 1. The number of aliphatic hydroxyl groups excluding tert-OH is 1. The van der Waals surface area contributed by atoms with Gasteiger partial charge in [-0.05, 0) is 35.7 Å². The predicted molar refractivity (Wildman–Crippen MR) is 97.7 cm³/mol. The third-order valence-corrected chi connectivity index (χ3v) is 4.97. The zero-order chi connectivity index (χ0) is 20.4. The van der Waals surface area contributed by atoms with Gasteiger partial charge in [0.2, 0.25) is 5.91 Å². The summed E-state index contributed by atoms with van der Waals surface area (Å²) in [5.41, 5.74) is 1.05. The zero-order valence-electron chi connectivity index (χ0n) is 14.9. The Labute approximate surface area is 160 Å². The number of hydrogen-bond acceptors (Lipinski definition) is 6. The van der Waals surface area contributed by atoms with Gasteiger partial charge in [-0.3, -0.25) is 4.79 Å². The van der Waals surface area contributed by atoms with Gasteiger partial charge in [0.1, 0.15) is 29.5 Å². The lowest BCUT2D eigenvalue weighted by atomic mass is 9.96. The number of carboxylic acid groups (broad SMARTS) is 1. The second kappa shape index (κ2) is 7.77. The summed E-state index contributed by atoms with van der Waals surface area (Å²) in [6, 6.07) is 8.76. The van der Waals surface area contributed by atoms with Crippen molar-refractivity contribution < 1.29 is 35.1 Å². The normalized spacial score (nSPS) is 20.3. The molecule has 1 aliphatic rings. The van der Waals surface area contributed by atoms with Crippen molar-refractivity contribution in [3.05, 3.63) is 53.6 Å². The third kappa shape index (κ3) is 4.01. The molecular weight excluding hydrogens is 366 g/mol. The second-order valence-electron chi connectivity index (χ2n) is 6.92. The molecule has 2 aromatic carbocycles. The smallest absolute Gasteiger partial charge is 0.326 e. The highest BCUT2D eigenvalue weighted by molar-refractivity contribution is 5.86. The van der Waals surface area contributed by atoms with E-state index in [1.165, 1.54) is 30.3 Å². The van der Waals surface area contributed by atoms with Crippen LogP contribution in [0.1, 0.15) is 17.5 Å². The molecule has 1 aliphatic heterocycles. The summed E-state index contributed by atoms with van der Waals surface area (Å²) >= 11 is 0. The number of carbonyl (C=O) groups is 2.